The molecule has 1 saturated heterocycles. The van der Waals surface area contributed by atoms with Crippen molar-refractivity contribution in [3.05, 3.63) is 24.4 Å². The standard InChI is InChI=1S/C15H20N6O2/c22-14(17-5-8-21-6-3-16-4-7-21)15(23)19-12-2-1-11-10-18-20-13(11)9-12/h1-2,9-10,16H,3-8H2,(H,17,22)(H,18,20)(H,19,23). The van der Waals surface area contributed by atoms with Crippen molar-refractivity contribution in [2.24, 2.45) is 0 Å². The summed E-state index contributed by atoms with van der Waals surface area (Å²) in [7, 11) is 0. The van der Waals surface area contributed by atoms with Gasteiger partial charge in [-0.2, -0.15) is 5.10 Å². The van der Waals surface area contributed by atoms with Crippen LogP contribution in [0.2, 0.25) is 0 Å². The number of amides is 2. The molecule has 1 aromatic heterocycles. The van der Waals surface area contributed by atoms with Gasteiger partial charge in [-0.15, -0.1) is 0 Å². The predicted molar refractivity (Wildman–Crippen MR) is 87.0 cm³/mol. The molecule has 8 nitrogen and oxygen atoms in total. The molecule has 0 radical (unpaired) electrons. The fourth-order valence-corrected chi connectivity index (χ4v) is 2.55. The summed E-state index contributed by atoms with van der Waals surface area (Å²) in [6, 6.07) is 5.31. The van der Waals surface area contributed by atoms with Crippen LogP contribution in [0.4, 0.5) is 5.69 Å². The number of rotatable bonds is 4. The Bertz CT molecular complexity index is 692. The molecule has 2 aromatic rings. The molecule has 8 heteroatoms. The lowest BCUT2D eigenvalue weighted by Gasteiger charge is -2.26. The van der Waals surface area contributed by atoms with E-state index in [1.165, 1.54) is 0 Å². The van der Waals surface area contributed by atoms with E-state index >= 15 is 0 Å². The van der Waals surface area contributed by atoms with E-state index in [9.17, 15) is 9.59 Å². The normalized spacial score (nSPS) is 15.5. The van der Waals surface area contributed by atoms with Crippen LogP contribution < -0.4 is 16.0 Å². The molecule has 0 atom stereocenters. The molecule has 4 N–H and O–H groups in total. The Morgan fingerprint density at radius 3 is 2.87 bits per heavy atom. The van der Waals surface area contributed by atoms with Crippen molar-refractivity contribution in [2.45, 2.75) is 0 Å². The average molecular weight is 316 g/mol. The molecule has 122 valence electrons. The molecule has 0 unspecified atom stereocenters. The van der Waals surface area contributed by atoms with Gasteiger partial charge in [0.25, 0.3) is 0 Å². The Hall–Kier alpha value is -2.45. The van der Waals surface area contributed by atoms with Crippen LogP contribution in [0.25, 0.3) is 10.9 Å². The SMILES string of the molecule is O=C(NCCN1CCNCC1)C(=O)Nc1ccc2cn[nH]c2c1. The Morgan fingerprint density at radius 1 is 1.22 bits per heavy atom. The number of aromatic amines is 1. The molecule has 0 bridgehead atoms. The van der Waals surface area contributed by atoms with Gasteiger partial charge >= 0.3 is 11.8 Å². The highest BCUT2D eigenvalue weighted by molar-refractivity contribution is 6.39. The van der Waals surface area contributed by atoms with Crippen molar-refractivity contribution in [3.8, 4) is 0 Å². The molecular formula is C15H20N6O2. The number of hydrogen-bond donors (Lipinski definition) is 4. The number of piperazine rings is 1. The first kappa shape index (κ1) is 15.4. The van der Waals surface area contributed by atoms with Gasteiger partial charge in [0.1, 0.15) is 0 Å². The number of carbonyl (C=O) groups is 2. The number of hydrogen-bond acceptors (Lipinski definition) is 5. The van der Waals surface area contributed by atoms with Gasteiger partial charge in [-0.25, -0.2) is 0 Å². The summed E-state index contributed by atoms with van der Waals surface area (Å²) in [5.74, 6) is -1.28. The molecule has 0 aliphatic carbocycles. The highest BCUT2D eigenvalue weighted by Gasteiger charge is 2.15. The zero-order valence-electron chi connectivity index (χ0n) is 12.8. The minimum atomic E-state index is -0.663. The van der Waals surface area contributed by atoms with Crippen LogP contribution in [0.3, 0.4) is 0 Å². The van der Waals surface area contributed by atoms with Gasteiger partial charge in [-0.1, -0.05) is 0 Å². The second-order valence-electron chi connectivity index (χ2n) is 5.47. The molecule has 0 spiro atoms. The molecule has 1 aliphatic rings. The number of H-pyrrole nitrogens is 1. The third-order valence-corrected chi connectivity index (χ3v) is 3.83. The Morgan fingerprint density at radius 2 is 2.04 bits per heavy atom. The second kappa shape index (κ2) is 7.21. The van der Waals surface area contributed by atoms with Gasteiger partial charge < -0.3 is 16.0 Å². The number of fused-ring (bicyclic) bond motifs is 1. The molecular weight excluding hydrogens is 296 g/mol. The number of benzene rings is 1. The Kier molecular flexibility index (Phi) is 4.84. The maximum absolute atomic E-state index is 11.9. The zero-order valence-corrected chi connectivity index (χ0v) is 12.8. The maximum atomic E-state index is 11.9. The summed E-state index contributed by atoms with van der Waals surface area (Å²) < 4.78 is 0. The molecule has 23 heavy (non-hydrogen) atoms. The van der Waals surface area contributed by atoms with E-state index in [1.807, 2.05) is 6.07 Å². The molecule has 0 saturated carbocycles. The van der Waals surface area contributed by atoms with Crippen molar-refractivity contribution >= 4 is 28.4 Å². The first-order chi connectivity index (χ1) is 11.2. The van der Waals surface area contributed by atoms with Crippen LogP contribution in [-0.2, 0) is 9.59 Å². The molecule has 2 heterocycles. The number of nitrogens with one attached hydrogen (secondary N) is 4. The fourth-order valence-electron chi connectivity index (χ4n) is 2.55. The lowest BCUT2D eigenvalue weighted by atomic mass is 10.2. The van der Waals surface area contributed by atoms with Gasteiger partial charge in [0.05, 0.1) is 11.7 Å². The smallest absolute Gasteiger partial charge is 0.313 e. The summed E-state index contributed by atoms with van der Waals surface area (Å²) in [4.78, 5) is 26.0. The van der Waals surface area contributed by atoms with Gasteiger partial charge in [0.2, 0.25) is 0 Å². The minimum Gasteiger partial charge on any atom is -0.347 e. The van der Waals surface area contributed by atoms with Gasteiger partial charge in [0, 0.05) is 50.3 Å². The van der Waals surface area contributed by atoms with Crippen molar-refractivity contribution in [2.75, 3.05) is 44.6 Å². The highest BCUT2D eigenvalue weighted by Crippen LogP contribution is 2.16. The summed E-state index contributed by atoms with van der Waals surface area (Å²) >= 11 is 0. The lowest BCUT2D eigenvalue weighted by Crippen LogP contribution is -2.47. The van der Waals surface area contributed by atoms with E-state index < -0.39 is 11.8 Å². The third kappa shape index (κ3) is 4.05. The van der Waals surface area contributed by atoms with E-state index in [1.54, 1.807) is 18.3 Å². The number of aromatic nitrogens is 2. The lowest BCUT2D eigenvalue weighted by molar-refractivity contribution is -0.136. The maximum Gasteiger partial charge on any atom is 0.313 e. The Labute approximate surface area is 133 Å². The largest absolute Gasteiger partial charge is 0.347 e. The van der Waals surface area contributed by atoms with Crippen molar-refractivity contribution < 1.29 is 9.59 Å². The fraction of sp³-hybridized carbons (Fsp3) is 0.400. The van der Waals surface area contributed by atoms with E-state index in [-0.39, 0.29) is 0 Å². The monoisotopic (exact) mass is 316 g/mol. The van der Waals surface area contributed by atoms with Gasteiger partial charge in [-0.3, -0.25) is 19.6 Å². The molecule has 1 aliphatic heterocycles. The highest BCUT2D eigenvalue weighted by atomic mass is 16.2. The number of anilines is 1. The van der Waals surface area contributed by atoms with Crippen LogP contribution >= 0.6 is 0 Å². The van der Waals surface area contributed by atoms with Crippen LogP contribution in [0.15, 0.2) is 24.4 Å². The van der Waals surface area contributed by atoms with E-state index in [0.717, 1.165) is 43.6 Å². The first-order valence-electron chi connectivity index (χ1n) is 7.68. The summed E-state index contributed by atoms with van der Waals surface area (Å²) in [6.45, 7) is 5.07. The molecule has 2 amide bonds. The number of nitrogens with zero attached hydrogens (tertiary/aromatic N) is 2. The predicted octanol–water partition coefficient (Wildman–Crippen LogP) is -0.477. The summed E-state index contributed by atoms with van der Waals surface area (Å²) in [5, 5.41) is 16.2. The average Bonchev–Trinajstić information content (AvgIpc) is 3.03. The van der Waals surface area contributed by atoms with Gasteiger partial charge in [0.15, 0.2) is 0 Å². The van der Waals surface area contributed by atoms with Crippen molar-refractivity contribution in [3.63, 3.8) is 0 Å². The summed E-state index contributed by atoms with van der Waals surface area (Å²) in [5.41, 5.74) is 1.37. The first-order valence-corrected chi connectivity index (χ1v) is 7.68. The minimum absolute atomic E-state index is 0.464. The number of carbonyl (C=O) groups excluding carboxylic acids is 2. The quantitative estimate of drug-likeness (QED) is 0.571. The van der Waals surface area contributed by atoms with Crippen LogP contribution in [0.1, 0.15) is 0 Å². The molecule has 1 fully saturated rings. The Balaban J connectivity index is 1.46. The van der Waals surface area contributed by atoms with E-state index in [4.69, 9.17) is 0 Å². The topological polar surface area (TPSA) is 102 Å². The summed E-state index contributed by atoms with van der Waals surface area (Å²) in [6.07, 6.45) is 1.70. The zero-order chi connectivity index (χ0) is 16.1. The van der Waals surface area contributed by atoms with Crippen LogP contribution in [-0.4, -0.2) is 66.2 Å². The molecule has 1 aromatic carbocycles. The van der Waals surface area contributed by atoms with Crippen LogP contribution in [0, 0.1) is 0 Å². The third-order valence-electron chi connectivity index (χ3n) is 3.83. The van der Waals surface area contributed by atoms with Gasteiger partial charge in [-0.05, 0) is 18.2 Å². The van der Waals surface area contributed by atoms with E-state index in [0.29, 0.717) is 12.2 Å². The van der Waals surface area contributed by atoms with Crippen LogP contribution in [0.5, 0.6) is 0 Å². The van der Waals surface area contributed by atoms with Crippen molar-refractivity contribution in [1.82, 2.24) is 25.7 Å². The second-order valence-corrected chi connectivity index (χ2v) is 5.47. The van der Waals surface area contributed by atoms with Crippen molar-refractivity contribution in [1.29, 1.82) is 0 Å². The van der Waals surface area contributed by atoms with E-state index in [2.05, 4.69) is 31.0 Å². The molecule has 3 rings (SSSR count).